The number of hydrogen-bond donors (Lipinski definition) is 2. The van der Waals surface area contributed by atoms with Crippen molar-refractivity contribution < 1.29 is 22.7 Å². The van der Waals surface area contributed by atoms with Gasteiger partial charge in [-0.25, -0.2) is 8.42 Å². The first-order chi connectivity index (χ1) is 14.4. The van der Waals surface area contributed by atoms with E-state index in [1.165, 1.54) is 19.2 Å². The molecule has 0 atom stereocenters. The second-order valence-electron chi connectivity index (χ2n) is 6.22. The second-order valence-corrected chi connectivity index (χ2v) is 7.90. The molecule has 3 rings (SSSR count). The predicted octanol–water partition coefficient (Wildman–Crippen LogP) is 4.15. The number of para-hydroxylation sites is 2. The van der Waals surface area contributed by atoms with Crippen LogP contribution in [-0.4, -0.2) is 28.0 Å². The molecule has 0 unspecified atom stereocenters. The number of carbonyl (C=O) groups is 1. The lowest BCUT2D eigenvalue weighted by molar-refractivity contribution is 0.102. The summed E-state index contributed by atoms with van der Waals surface area (Å²) in [6, 6.07) is 19.4. The standard InChI is InChI=1S/C22H22N2O5S/c1-3-29-21-15-16(13-14-20(21)28-2)22(25)23-18-11-7-8-12-19(18)24-30(26,27)17-9-5-4-6-10-17/h4-15,24H,3H2,1-2H3,(H,23,25). The minimum Gasteiger partial charge on any atom is -0.493 e. The Bertz CT molecular complexity index is 1130. The second kappa shape index (κ2) is 9.32. The number of ether oxygens (including phenoxy) is 2. The number of amides is 1. The average molecular weight is 426 g/mol. The maximum atomic E-state index is 12.8. The molecule has 0 heterocycles. The first-order valence-corrected chi connectivity index (χ1v) is 10.7. The highest BCUT2D eigenvalue weighted by atomic mass is 32.2. The van der Waals surface area contributed by atoms with E-state index in [0.717, 1.165) is 0 Å². The van der Waals surface area contributed by atoms with Gasteiger partial charge in [0.15, 0.2) is 11.5 Å². The van der Waals surface area contributed by atoms with Crippen molar-refractivity contribution in [2.24, 2.45) is 0 Å². The number of anilines is 2. The van der Waals surface area contributed by atoms with Crippen LogP contribution < -0.4 is 19.5 Å². The van der Waals surface area contributed by atoms with Crippen LogP contribution in [0.1, 0.15) is 17.3 Å². The number of rotatable bonds is 8. The van der Waals surface area contributed by atoms with Gasteiger partial charge in [0.1, 0.15) is 0 Å². The van der Waals surface area contributed by atoms with Crippen LogP contribution in [0.4, 0.5) is 11.4 Å². The summed E-state index contributed by atoms with van der Waals surface area (Å²) in [6.07, 6.45) is 0. The highest BCUT2D eigenvalue weighted by molar-refractivity contribution is 7.92. The molecule has 2 N–H and O–H groups in total. The molecule has 0 saturated carbocycles. The largest absolute Gasteiger partial charge is 0.493 e. The van der Waals surface area contributed by atoms with Crippen LogP contribution >= 0.6 is 0 Å². The van der Waals surface area contributed by atoms with E-state index in [1.807, 2.05) is 6.92 Å². The molecular weight excluding hydrogens is 404 g/mol. The molecule has 0 fully saturated rings. The van der Waals surface area contributed by atoms with Crippen LogP contribution in [0.25, 0.3) is 0 Å². The van der Waals surface area contributed by atoms with E-state index in [4.69, 9.17) is 9.47 Å². The van der Waals surface area contributed by atoms with E-state index in [0.29, 0.717) is 29.4 Å². The third-order valence-corrected chi connectivity index (χ3v) is 5.58. The number of methoxy groups -OCH3 is 1. The fourth-order valence-corrected chi connectivity index (χ4v) is 3.87. The van der Waals surface area contributed by atoms with Crippen LogP contribution in [0, 0.1) is 0 Å². The highest BCUT2D eigenvalue weighted by Crippen LogP contribution is 2.29. The normalized spacial score (nSPS) is 10.9. The van der Waals surface area contributed by atoms with Gasteiger partial charge in [-0.15, -0.1) is 0 Å². The first-order valence-electron chi connectivity index (χ1n) is 9.23. The zero-order chi connectivity index (χ0) is 21.6. The molecule has 0 bridgehead atoms. The minimum atomic E-state index is -3.80. The zero-order valence-corrected chi connectivity index (χ0v) is 17.4. The Morgan fingerprint density at radius 1 is 0.900 bits per heavy atom. The van der Waals surface area contributed by atoms with Gasteiger partial charge in [-0.2, -0.15) is 0 Å². The fraction of sp³-hybridized carbons (Fsp3) is 0.136. The summed E-state index contributed by atoms with van der Waals surface area (Å²) < 4.78 is 38.6. The first kappa shape index (κ1) is 21.2. The fourth-order valence-electron chi connectivity index (χ4n) is 2.77. The lowest BCUT2D eigenvalue weighted by Gasteiger charge is -2.14. The summed E-state index contributed by atoms with van der Waals surface area (Å²) in [4.78, 5) is 12.9. The Kier molecular flexibility index (Phi) is 6.58. The van der Waals surface area contributed by atoms with Crippen molar-refractivity contribution in [1.29, 1.82) is 0 Å². The molecule has 0 radical (unpaired) electrons. The summed E-state index contributed by atoms with van der Waals surface area (Å²) >= 11 is 0. The summed E-state index contributed by atoms with van der Waals surface area (Å²) in [5.74, 6) is 0.556. The molecule has 0 aliphatic carbocycles. The Morgan fingerprint density at radius 3 is 2.23 bits per heavy atom. The molecule has 7 nitrogen and oxygen atoms in total. The van der Waals surface area contributed by atoms with E-state index in [2.05, 4.69) is 10.0 Å². The van der Waals surface area contributed by atoms with E-state index in [-0.39, 0.29) is 10.6 Å². The van der Waals surface area contributed by atoms with Gasteiger partial charge in [0.2, 0.25) is 0 Å². The van der Waals surface area contributed by atoms with Crippen molar-refractivity contribution in [3.63, 3.8) is 0 Å². The van der Waals surface area contributed by atoms with Gasteiger partial charge in [0, 0.05) is 5.56 Å². The SMILES string of the molecule is CCOc1cc(C(=O)Nc2ccccc2NS(=O)(=O)c2ccccc2)ccc1OC. The molecule has 8 heteroatoms. The Hall–Kier alpha value is -3.52. The maximum absolute atomic E-state index is 12.8. The van der Waals surface area contributed by atoms with Gasteiger partial charge in [-0.3, -0.25) is 9.52 Å². The van der Waals surface area contributed by atoms with Crippen molar-refractivity contribution in [2.75, 3.05) is 23.8 Å². The zero-order valence-electron chi connectivity index (χ0n) is 16.6. The molecule has 0 saturated heterocycles. The lowest BCUT2D eigenvalue weighted by Crippen LogP contribution is -2.17. The molecule has 0 aliphatic rings. The van der Waals surface area contributed by atoms with Crippen LogP contribution in [-0.2, 0) is 10.0 Å². The van der Waals surface area contributed by atoms with Crippen molar-refractivity contribution in [3.8, 4) is 11.5 Å². The topological polar surface area (TPSA) is 93.7 Å². The number of sulfonamides is 1. The summed E-state index contributed by atoms with van der Waals surface area (Å²) in [7, 11) is -2.28. The third-order valence-electron chi connectivity index (χ3n) is 4.20. The highest BCUT2D eigenvalue weighted by Gasteiger charge is 2.17. The Morgan fingerprint density at radius 2 is 1.57 bits per heavy atom. The molecule has 0 aliphatic heterocycles. The van der Waals surface area contributed by atoms with Gasteiger partial charge in [0.05, 0.1) is 30.0 Å². The number of benzene rings is 3. The van der Waals surface area contributed by atoms with Crippen molar-refractivity contribution in [3.05, 3.63) is 78.4 Å². The summed E-state index contributed by atoms with van der Waals surface area (Å²) in [5, 5.41) is 2.75. The van der Waals surface area contributed by atoms with E-state index in [1.54, 1.807) is 60.7 Å². The monoisotopic (exact) mass is 426 g/mol. The number of hydrogen-bond acceptors (Lipinski definition) is 5. The van der Waals surface area contributed by atoms with Gasteiger partial charge in [0.25, 0.3) is 15.9 Å². The van der Waals surface area contributed by atoms with Crippen LogP contribution in [0.5, 0.6) is 11.5 Å². The van der Waals surface area contributed by atoms with Gasteiger partial charge < -0.3 is 14.8 Å². The molecule has 30 heavy (non-hydrogen) atoms. The number of carbonyl (C=O) groups excluding carboxylic acids is 1. The molecule has 1 amide bonds. The quantitative estimate of drug-likeness (QED) is 0.564. The minimum absolute atomic E-state index is 0.127. The molecule has 0 aromatic heterocycles. The van der Waals surface area contributed by atoms with E-state index < -0.39 is 15.9 Å². The Labute approximate surface area is 175 Å². The smallest absolute Gasteiger partial charge is 0.261 e. The third kappa shape index (κ3) is 4.90. The average Bonchev–Trinajstić information content (AvgIpc) is 2.75. The van der Waals surface area contributed by atoms with Gasteiger partial charge >= 0.3 is 0 Å². The van der Waals surface area contributed by atoms with Crippen LogP contribution in [0.3, 0.4) is 0 Å². The molecule has 156 valence electrons. The molecule has 3 aromatic rings. The summed E-state index contributed by atoms with van der Waals surface area (Å²) in [5.41, 5.74) is 0.934. The van der Waals surface area contributed by atoms with Crippen molar-refractivity contribution in [2.45, 2.75) is 11.8 Å². The maximum Gasteiger partial charge on any atom is 0.261 e. The van der Waals surface area contributed by atoms with Crippen molar-refractivity contribution in [1.82, 2.24) is 0 Å². The summed E-state index contributed by atoms with van der Waals surface area (Å²) in [6.45, 7) is 2.26. The molecule has 0 spiro atoms. The van der Waals surface area contributed by atoms with Gasteiger partial charge in [-0.05, 0) is 49.4 Å². The Balaban J connectivity index is 1.85. The number of nitrogens with one attached hydrogen (secondary N) is 2. The lowest BCUT2D eigenvalue weighted by atomic mass is 10.1. The predicted molar refractivity (Wildman–Crippen MR) is 116 cm³/mol. The van der Waals surface area contributed by atoms with E-state index >= 15 is 0 Å². The van der Waals surface area contributed by atoms with Crippen molar-refractivity contribution >= 4 is 27.3 Å². The molecular formula is C22H22N2O5S. The van der Waals surface area contributed by atoms with E-state index in [9.17, 15) is 13.2 Å². The van der Waals surface area contributed by atoms with Gasteiger partial charge in [-0.1, -0.05) is 30.3 Å². The van der Waals surface area contributed by atoms with Crippen LogP contribution in [0.15, 0.2) is 77.7 Å². The molecule has 3 aromatic carbocycles. The van der Waals surface area contributed by atoms with Crippen LogP contribution in [0.2, 0.25) is 0 Å².